The van der Waals surface area contributed by atoms with Crippen LogP contribution in [0.15, 0.2) is 12.4 Å². The smallest absolute Gasteiger partial charge is 0.218 e. The van der Waals surface area contributed by atoms with Gasteiger partial charge >= 0.3 is 0 Å². The van der Waals surface area contributed by atoms with Gasteiger partial charge in [0.1, 0.15) is 12.1 Å². The van der Waals surface area contributed by atoms with Gasteiger partial charge in [-0.25, -0.2) is 9.97 Å². The molecule has 5 nitrogen and oxygen atoms in total. The van der Waals surface area contributed by atoms with Crippen LogP contribution in [0.3, 0.4) is 0 Å². The Balaban J connectivity index is 2.57. The van der Waals surface area contributed by atoms with Crippen molar-refractivity contribution in [3.8, 4) is 5.88 Å². The van der Waals surface area contributed by atoms with Crippen LogP contribution in [0.1, 0.15) is 6.92 Å². The highest BCUT2D eigenvalue weighted by Gasteiger charge is 2.03. The molecule has 0 aliphatic heterocycles. The van der Waals surface area contributed by atoms with Gasteiger partial charge in [0.25, 0.3) is 0 Å². The standard InChI is InChI=1S/C9H15N3O2/c1-7(5-13-2)12-8-4-9(14-3)11-6-10-8/h4,6-7H,5H2,1-3H3,(H,10,11,12). The summed E-state index contributed by atoms with van der Waals surface area (Å²) >= 11 is 0. The summed E-state index contributed by atoms with van der Waals surface area (Å²) in [6.45, 7) is 2.64. The Hall–Kier alpha value is -1.36. The highest BCUT2D eigenvalue weighted by atomic mass is 16.5. The predicted octanol–water partition coefficient (Wildman–Crippen LogP) is 0.932. The molecule has 0 amide bonds. The molecule has 0 saturated heterocycles. The normalized spacial score (nSPS) is 12.2. The molecule has 1 atom stereocenters. The second kappa shape index (κ2) is 5.39. The van der Waals surface area contributed by atoms with Gasteiger partial charge in [-0.1, -0.05) is 0 Å². The summed E-state index contributed by atoms with van der Waals surface area (Å²) in [5.74, 6) is 1.29. The minimum Gasteiger partial charge on any atom is -0.481 e. The van der Waals surface area contributed by atoms with E-state index in [1.165, 1.54) is 6.33 Å². The molecule has 0 bridgehead atoms. The first-order valence-corrected chi connectivity index (χ1v) is 4.37. The lowest BCUT2D eigenvalue weighted by Crippen LogP contribution is -2.21. The fourth-order valence-corrected chi connectivity index (χ4v) is 1.07. The van der Waals surface area contributed by atoms with Crippen LogP contribution in [0.5, 0.6) is 5.88 Å². The van der Waals surface area contributed by atoms with Crippen molar-refractivity contribution in [2.45, 2.75) is 13.0 Å². The van der Waals surface area contributed by atoms with E-state index >= 15 is 0 Å². The van der Waals surface area contributed by atoms with Crippen molar-refractivity contribution in [1.82, 2.24) is 9.97 Å². The molecule has 1 aromatic heterocycles. The van der Waals surface area contributed by atoms with Crippen molar-refractivity contribution in [2.24, 2.45) is 0 Å². The Kier molecular flexibility index (Phi) is 4.12. The predicted molar refractivity (Wildman–Crippen MR) is 53.5 cm³/mol. The summed E-state index contributed by atoms with van der Waals surface area (Å²) in [4.78, 5) is 7.96. The van der Waals surface area contributed by atoms with Gasteiger partial charge < -0.3 is 14.8 Å². The monoisotopic (exact) mass is 197 g/mol. The molecule has 0 aliphatic rings. The molecule has 0 aliphatic carbocycles. The third kappa shape index (κ3) is 3.18. The Morgan fingerprint density at radius 1 is 1.43 bits per heavy atom. The summed E-state index contributed by atoms with van der Waals surface area (Å²) in [5.41, 5.74) is 0. The van der Waals surface area contributed by atoms with Gasteiger partial charge in [-0.2, -0.15) is 0 Å². The first-order valence-electron chi connectivity index (χ1n) is 4.37. The van der Waals surface area contributed by atoms with E-state index in [0.29, 0.717) is 12.5 Å². The molecule has 1 N–H and O–H groups in total. The van der Waals surface area contributed by atoms with Crippen molar-refractivity contribution in [3.63, 3.8) is 0 Å². The number of nitrogens with zero attached hydrogens (tertiary/aromatic N) is 2. The van der Waals surface area contributed by atoms with Crippen LogP contribution in [0.25, 0.3) is 0 Å². The van der Waals surface area contributed by atoms with E-state index in [1.807, 2.05) is 6.92 Å². The van der Waals surface area contributed by atoms with Gasteiger partial charge in [-0.05, 0) is 6.92 Å². The zero-order chi connectivity index (χ0) is 10.4. The number of methoxy groups -OCH3 is 2. The van der Waals surface area contributed by atoms with Crippen molar-refractivity contribution >= 4 is 5.82 Å². The van der Waals surface area contributed by atoms with Gasteiger partial charge in [-0.3, -0.25) is 0 Å². The molecule has 0 aromatic carbocycles. The summed E-state index contributed by atoms with van der Waals surface area (Å²) in [6, 6.07) is 1.95. The molecule has 0 radical (unpaired) electrons. The van der Waals surface area contributed by atoms with Crippen molar-refractivity contribution < 1.29 is 9.47 Å². The van der Waals surface area contributed by atoms with E-state index < -0.39 is 0 Å². The van der Waals surface area contributed by atoms with Crippen LogP contribution in [0.2, 0.25) is 0 Å². The van der Waals surface area contributed by atoms with E-state index in [9.17, 15) is 0 Å². The molecular formula is C9H15N3O2. The van der Waals surface area contributed by atoms with Gasteiger partial charge in [0.15, 0.2) is 0 Å². The molecule has 0 fully saturated rings. The van der Waals surface area contributed by atoms with E-state index in [1.54, 1.807) is 20.3 Å². The van der Waals surface area contributed by atoms with E-state index in [-0.39, 0.29) is 6.04 Å². The van der Waals surface area contributed by atoms with Gasteiger partial charge in [-0.15, -0.1) is 0 Å². The average Bonchev–Trinajstić information content (AvgIpc) is 2.18. The molecule has 78 valence electrons. The Morgan fingerprint density at radius 2 is 2.21 bits per heavy atom. The fourth-order valence-electron chi connectivity index (χ4n) is 1.07. The summed E-state index contributed by atoms with van der Waals surface area (Å²) < 4.78 is 9.97. The maximum absolute atomic E-state index is 5.00. The lowest BCUT2D eigenvalue weighted by atomic mass is 10.3. The number of hydrogen-bond acceptors (Lipinski definition) is 5. The van der Waals surface area contributed by atoms with Crippen molar-refractivity contribution in [1.29, 1.82) is 0 Å². The average molecular weight is 197 g/mol. The van der Waals surface area contributed by atoms with Crippen LogP contribution in [-0.2, 0) is 4.74 Å². The molecule has 1 rings (SSSR count). The first kappa shape index (κ1) is 10.7. The number of anilines is 1. The summed E-state index contributed by atoms with van der Waals surface area (Å²) in [5, 5.41) is 3.16. The molecule has 1 heterocycles. The zero-order valence-electron chi connectivity index (χ0n) is 8.65. The lowest BCUT2D eigenvalue weighted by molar-refractivity contribution is 0.190. The largest absolute Gasteiger partial charge is 0.481 e. The molecule has 5 heteroatoms. The highest BCUT2D eigenvalue weighted by Crippen LogP contribution is 2.10. The third-order valence-corrected chi connectivity index (χ3v) is 1.66. The fraction of sp³-hybridized carbons (Fsp3) is 0.556. The molecule has 14 heavy (non-hydrogen) atoms. The second-order valence-corrected chi connectivity index (χ2v) is 2.95. The highest BCUT2D eigenvalue weighted by molar-refractivity contribution is 5.37. The van der Waals surface area contributed by atoms with Crippen molar-refractivity contribution in [3.05, 3.63) is 12.4 Å². The minimum absolute atomic E-state index is 0.208. The van der Waals surface area contributed by atoms with Crippen LogP contribution in [-0.4, -0.2) is 36.8 Å². The van der Waals surface area contributed by atoms with Crippen LogP contribution in [0, 0.1) is 0 Å². The van der Waals surface area contributed by atoms with Crippen LogP contribution in [0.4, 0.5) is 5.82 Å². The topological polar surface area (TPSA) is 56.3 Å². The second-order valence-electron chi connectivity index (χ2n) is 2.95. The molecular weight excluding hydrogens is 182 g/mol. The number of ether oxygens (including phenoxy) is 2. The SMILES string of the molecule is COCC(C)Nc1cc(OC)ncn1. The van der Waals surface area contributed by atoms with E-state index in [2.05, 4.69) is 15.3 Å². The lowest BCUT2D eigenvalue weighted by Gasteiger charge is -2.13. The van der Waals surface area contributed by atoms with E-state index in [4.69, 9.17) is 9.47 Å². The Bertz CT molecular complexity index is 281. The Morgan fingerprint density at radius 3 is 2.86 bits per heavy atom. The van der Waals surface area contributed by atoms with Crippen LogP contribution >= 0.6 is 0 Å². The summed E-state index contributed by atoms with van der Waals surface area (Å²) in [6.07, 6.45) is 1.46. The van der Waals surface area contributed by atoms with Crippen LogP contribution < -0.4 is 10.1 Å². The number of nitrogens with one attached hydrogen (secondary N) is 1. The number of rotatable bonds is 5. The minimum atomic E-state index is 0.208. The molecule has 1 unspecified atom stereocenters. The molecule has 1 aromatic rings. The maximum Gasteiger partial charge on any atom is 0.218 e. The Labute approximate surface area is 83.5 Å². The molecule has 0 spiro atoms. The quantitative estimate of drug-likeness (QED) is 0.761. The number of aromatic nitrogens is 2. The van der Waals surface area contributed by atoms with Gasteiger partial charge in [0.05, 0.1) is 13.7 Å². The van der Waals surface area contributed by atoms with Crippen molar-refractivity contribution in [2.75, 3.05) is 26.1 Å². The van der Waals surface area contributed by atoms with E-state index in [0.717, 1.165) is 5.82 Å². The number of hydrogen-bond donors (Lipinski definition) is 1. The maximum atomic E-state index is 5.00. The third-order valence-electron chi connectivity index (χ3n) is 1.66. The summed E-state index contributed by atoms with van der Waals surface area (Å²) in [7, 11) is 3.24. The zero-order valence-corrected chi connectivity index (χ0v) is 8.65. The molecule has 0 saturated carbocycles. The van der Waals surface area contributed by atoms with Gasteiger partial charge in [0.2, 0.25) is 5.88 Å². The first-order chi connectivity index (χ1) is 6.76. The van der Waals surface area contributed by atoms with Gasteiger partial charge in [0, 0.05) is 19.2 Å².